The molecule has 0 unspecified atom stereocenters. The first-order valence-corrected chi connectivity index (χ1v) is 7.21. The third-order valence-electron chi connectivity index (χ3n) is 4.07. The van der Waals surface area contributed by atoms with Gasteiger partial charge in [0.15, 0.2) is 0 Å². The zero-order chi connectivity index (χ0) is 14.4. The van der Waals surface area contributed by atoms with E-state index in [1.54, 1.807) is 18.2 Å². The molecule has 2 fully saturated rings. The number of likely N-dealkylation sites (tertiary alicyclic amines) is 1. The number of hydrogen-bond acceptors (Lipinski definition) is 2. The molecule has 1 aliphatic carbocycles. The number of amides is 1. The van der Waals surface area contributed by atoms with Crippen LogP contribution in [0.4, 0.5) is 0 Å². The third-order valence-corrected chi connectivity index (χ3v) is 4.78. The van der Waals surface area contributed by atoms with Crippen LogP contribution < -0.4 is 0 Å². The van der Waals surface area contributed by atoms with Crippen molar-refractivity contribution >= 4 is 35.1 Å². The van der Waals surface area contributed by atoms with Crippen molar-refractivity contribution in [1.82, 2.24) is 4.90 Å². The molecule has 1 amide bonds. The molecule has 2 aliphatic rings. The lowest BCUT2D eigenvalue weighted by molar-refractivity contribution is -0.149. The van der Waals surface area contributed by atoms with E-state index in [2.05, 4.69) is 0 Å². The van der Waals surface area contributed by atoms with Crippen molar-refractivity contribution in [2.24, 2.45) is 5.92 Å². The summed E-state index contributed by atoms with van der Waals surface area (Å²) >= 11 is 12.1. The van der Waals surface area contributed by atoms with Gasteiger partial charge in [0.25, 0.3) is 0 Å². The minimum Gasteiger partial charge on any atom is -0.480 e. The van der Waals surface area contributed by atoms with E-state index in [1.807, 2.05) is 0 Å². The fourth-order valence-electron chi connectivity index (χ4n) is 2.98. The van der Waals surface area contributed by atoms with Crippen molar-refractivity contribution in [3.8, 4) is 0 Å². The topological polar surface area (TPSA) is 57.6 Å². The molecule has 20 heavy (non-hydrogen) atoms. The maximum Gasteiger partial charge on any atom is 0.326 e. The van der Waals surface area contributed by atoms with Gasteiger partial charge in [-0.05, 0) is 36.5 Å². The number of fused-ring (bicyclic) bond motifs is 1. The smallest absolute Gasteiger partial charge is 0.326 e. The molecule has 1 N–H and O–H groups in total. The Bertz CT molecular complexity index is 570. The molecule has 1 heterocycles. The van der Waals surface area contributed by atoms with E-state index < -0.39 is 12.0 Å². The van der Waals surface area contributed by atoms with E-state index in [-0.39, 0.29) is 18.4 Å². The Hall–Kier alpha value is -1.26. The first-order valence-electron chi connectivity index (χ1n) is 6.46. The van der Waals surface area contributed by atoms with Gasteiger partial charge in [-0.25, -0.2) is 4.79 Å². The number of carbonyl (C=O) groups is 2. The fourth-order valence-corrected chi connectivity index (χ4v) is 3.51. The van der Waals surface area contributed by atoms with E-state index in [0.717, 1.165) is 6.42 Å². The van der Waals surface area contributed by atoms with Gasteiger partial charge in [0, 0.05) is 16.1 Å². The zero-order valence-corrected chi connectivity index (χ0v) is 12.1. The normalized spacial score (nSPS) is 27.3. The van der Waals surface area contributed by atoms with Crippen LogP contribution in [0.2, 0.25) is 10.0 Å². The number of halogens is 2. The Morgan fingerprint density at radius 3 is 2.50 bits per heavy atom. The molecule has 0 spiro atoms. The van der Waals surface area contributed by atoms with E-state index in [0.29, 0.717) is 27.9 Å². The number of carboxylic acids is 1. The second kappa shape index (κ2) is 4.93. The van der Waals surface area contributed by atoms with Crippen LogP contribution in [0.15, 0.2) is 18.2 Å². The SMILES string of the molecule is O=C(O)[C@@H]1C[C@@H]2C[C@@H]2N1C(=O)Cc1c(Cl)cccc1Cl. The van der Waals surface area contributed by atoms with E-state index in [9.17, 15) is 14.7 Å². The molecule has 1 aromatic carbocycles. The van der Waals surface area contributed by atoms with Gasteiger partial charge in [0.2, 0.25) is 5.91 Å². The van der Waals surface area contributed by atoms with Crippen LogP contribution in [0.3, 0.4) is 0 Å². The standard InChI is InChI=1S/C14H13Cl2NO3/c15-9-2-1-3-10(16)8(9)6-13(18)17-11-4-7(11)5-12(17)14(19)20/h1-3,7,11-12H,4-6H2,(H,19,20)/t7-,11-,12-/m0/s1. The van der Waals surface area contributed by atoms with Gasteiger partial charge in [0.1, 0.15) is 6.04 Å². The maximum absolute atomic E-state index is 12.4. The number of hydrogen-bond donors (Lipinski definition) is 1. The monoisotopic (exact) mass is 313 g/mol. The summed E-state index contributed by atoms with van der Waals surface area (Å²) < 4.78 is 0. The highest BCUT2D eigenvalue weighted by Gasteiger charge is 2.56. The minimum absolute atomic E-state index is 0.0471. The Morgan fingerprint density at radius 1 is 1.25 bits per heavy atom. The van der Waals surface area contributed by atoms with Crippen molar-refractivity contribution in [1.29, 1.82) is 0 Å². The van der Waals surface area contributed by atoms with Gasteiger partial charge in [-0.1, -0.05) is 29.3 Å². The highest BCUT2D eigenvalue weighted by molar-refractivity contribution is 6.36. The summed E-state index contributed by atoms with van der Waals surface area (Å²) in [4.78, 5) is 25.1. The molecule has 0 aromatic heterocycles. The fraction of sp³-hybridized carbons (Fsp3) is 0.429. The highest BCUT2D eigenvalue weighted by atomic mass is 35.5. The molecule has 3 atom stereocenters. The molecule has 1 aromatic rings. The van der Waals surface area contributed by atoms with Crippen LogP contribution >= 0.6 is 23.2 Å². The molecule has 6 heteroatoms. The Morgan fingerprint density at radius 2 is 1.90 bits per heavy atom. The second-order valence-electron chi connectivity index (χ2n) is 5.33. The van der Waals surface area contributed by atoms with Crippen molar-refractivity contribution in [3.05, 3.63) is 33.8 Å². The van der Waals surface area contributed by atoms with E-state index >= 15 is 0 Å². The molecule has 4 nitrogen and oxygen atoms in total. The summed E-state index contributed by atoms with van der Waals surface area (Å²) in [6.07, 6.45) is 1.51. The largest absolute Gasteiger partial charge is 0.480 e. The predicted molar refractivity (Wildman–Crippen MR) is 74.9 cm³/mol. The van der Waals surface area contributed by atoms with Crippen LogP contribution in [-0.4, -0.2) is 34.0 Å². The lowest BCUT2D eigenvalue weighted by atomic mass is 10.1. The molecule has 1 aliphatic heterocycles. The van der Waals surface area contributed by atoms with Crippen LogP contribution in [0, 0.1) is 5.92 Å². The molecular formula is C14H13Cl2NO3. The molecule has 1 saturated heterocycles. The predicted octanol–water partition coefficient (Wildman–Crippen LogP) is 2.61. The van der Waals surface area contributed by atoms with Gasteiger partial charge in [0.05, 0.1) is 6.42 Å². The molecule has 1 saturated carbocycles. The summed E-state index contributed by atoms with van der Waals surface area (Å²) in [6.45, 7) is 0. The zero-order valence-electron chi connectivity index (χ0n) is 10.6. The van der Waals surface area contributed by atoms with Crippen LogP contribution in [0.25, 0.3) is 0 Å². The third kappa shape index (κ3) is 2.27. The number of rotatable bonds is 3. The van der Waals surface area contributed by atoms with E-state index in [1.165, 1.54) is 4.90 Å². The lowest BCUT2D eigenvalue weighted by Crippen LogP contribution is -2.43. The minimum atomic E-state index is -0.934. The summed E-state index contributed by atoms with van der Waals surface area (Å²) in [5, 5.41) is 10.1. The van der Waals surface area contributed by atoms with Crippen LogP contribution in [0.1, 0.15) is 18.4 Å². The number of nitrogens with zero attached hydrogens (tertiary/aromatic N) is 1. The molecule has 106 valence electrons. The Balaban J connectivity index is 1.81. The number of aliphatic carboxylic acids is 1. The molecule has 0 radical (unpaired) electrons. The number of piperidine rings is 1. The Labute approximate surface area is 126 Å². The van der Waals surface area contributed by atoms with Gasteiger partial charge < -0.3 is 10.0 Å². The quantitative estimate of drug-likeness (QED) is 0.933. The van der Waals surface area contributed by atoms with Gasteiger partial charge in [-0.3, -0.25) is 4.79 Å². The first kappa shape index (κ1) is 13.7. The van der Waals surface area contributed by atoms with Crippen LogP contribution in [0.5, 0.6) is 0 Å². The molecule has 0 bridgehead atoms. The van der Waals surface area contributed by atoms with Gasteiger partial charge in [-0.15, -0.1) is 0 Å². The summed E-state index contributed by atoms with van der Waals surface area (Å²) in [6, 6.07) is 4.45. The summed E-state index contributed by atoms with van der Waals surface area (Å²) in [7, 11) is 0. The number of carbonyl (C=O) groups excluding carboxylic acids is 1. The highest BCUT2D eigenvalue weighted by Crippen LogP contribution is 2.48. The van der Waals surface area contributed by atoms with Crippen molar-refractivity contribution in [3.63, 3.8) is 0 Å². The van der Waals surface area contributed by atoms with Crippen LogP contribution in [-0.2, 0) is 16.0 Å². The lowest BCUT2D eigenvalue weighted by Gasteiger charge is -2.25. The van der Waals surface area contributed by atoms with Crippen molar-refractivity contribution < 1.29 is 14.7 Å². The van der Waals surface area contributed by atoms with E-state index in [4.69, 9.17) is 23.2 Å². The summed E-state index contributed by atoms with van der Waals surface area (Å²) in [5.41, 5.74) is 0.564. The summed E-state index contributed by atoms with van der Waals surface area (Å²) in [5.74, 6) is -0.796. The second-order valence-corrected chi connectivity index (χ2v) is 6.15. The van der Waals surface area contributed by atoms with Crippen molar-refractivity contribution in [2.45, 2.75) is 31.3 Å². The van der Waals surface area contributed by atoms with Crippen molar-refractivity contribution in [2.75, 3.05) is 0 Å². The average molecular weight is 314 g/mol. The number of carboxylic acid groups (broad SMARTS) is 1. The maximum atomic E-state index is 12.4. The number of benzene rings is 1. The molecular weight excluding hydrogens is 301 g/mol. The van der Waals surface area contributed by atoms with Gasteiger partial charge in [-0.2, -0.15) is 0 Å². The van der Waals surface area contributed by atoms with Gasteiger partial charge >= 0.3 is 5.97 Å². The Kier molecular flexibility index (Phi) is 3.38. The first-order chi connectivity index (χ1) is 9.49. The average Bonchev–Trinajstić information content (AvgIpc) is 3.04. The molecule has 3 rings (SSSR count).